The minimum atomic E-state index is -1.10. The Balaban J connectivity index is 2.81. The first-order valence-corrected chi connectivity index (χ1v) is 5.36. The lowest BCUT2D eigenvalue weighted by molar-refractivity contribution is -0.131. The molecule has 0 aliphatic carbocycles. The van der Waals surface area contributed by atoms with Crippen LogP contribution < -0.4 is 4.74 Å². The maximum Gasteiger partial charge on any atom is 0.328 e. The van der Waals surface area contributed by atoms with Crippen LogP contribution in [0.1, 0.15) is 18.9 Å². The third-order valence-electron chi connectivity index (χ3n) is 2.04. The van der Waals surface area contributed by atoms with Crippen LogP contribution in [0.3, 0.4) is 0 Å². The van der Waals surface area contributed by atoms with Gasteiger partial charge in [-0.15, -0.1) is 11.8 Å². The van der Waals surface area contributed by atoms with E-state index in [1.807, 2.05) is 0 Å². The van der Waals surface area contributed by atoms with Gasteiger partial charge in [-0.1, -0.05) is 0 Å². The van der Waals surface area contributed by atoms with Crippen LogP contribution in [0.4, 0.5) is 4.39 Å². The SMILES string of the molecule is CC#CCCOc1ccc(F)cc1/C=C/C(=O)O. The Morgan fingerprint density at radius 3 is 3.00 bits per heavy atom. The number of carboxylic acids is 1. The average Bonchev–Trinajstić information content (AvgIpc) is 2.34. The molecule has 0 amide bonds. The number of ether oxygens (including phenoxy) is 1. The Labute approximate surface area is 105 Å². The summed E-state index contributed by atoms with van der Waals surface area (Å²) in [6, 6.07) is 3.95. The van der Waals surface area contributed by atoms with Gasteiger partial charge in [0.1, 0.15) is 11.6 Å². The summed E-state index contributed by atoms with van der Waals surface area (Å²) in [5.74, 6) is 4.47. The molecule has 0 bridgehead atoms. The summed E-state index contributed by atoms with van der Waals surface area (Å²) < 4.78 is 18.5. The molecule has 0 aromatic heterocycles. The van der Waals surface area contributed by atoms with Gasteiger partial charge in [-0.25, -0.2) is 9.18 Å². The predicted octanol–water partition coefficient (Wildman–Crippen LogP) is 2.72. The molecule has 0 aliphatic rings. The first-order chi connectivity index (χ1) is 8.63. The van der Waals surface area contributed by atoms with Crippen molar-refractivity contribution in [2.24, 2.45) is 0 Å². The highest BCUT2D eigenvalue weighted by molar-refractivity contribution is 5.85. The van der Waals surface area contributed by atoms with Gasteiger partial charge in [-0.05, 0) is 31.2 Å². The Morgan fingerprint density at radius 1 is 1.56 bits per heavy atom. The molecule has 94 valence electrons. The van der Waals surface area contributed by atoms with Gasteiger partial charge >= 0.3 is 5.97 Å². The lowest BCUT2D eigenvalue weighted by Gasteiger charge is -2.07. The lowest BCUT2D eigenvalue weighted by atomic mass is 10.2. The van der Waals surface area contributed by atoms with Crippen LogP contribution in [-0.4, -0.2) is 17.7 Å². The molecule has 4 heteroatoms. The molecule has 1 N–H and O–H groups in total. The fraction of sp³-hybridized carbons (Fsp3) is 0.214. The molecular formula is C14H13FO3. The van der Waals surface area contributed by atoms with Gasteiger partial charge in [0.05, 0.1) is 6.61 Å². The number of halogens is 1. The minimum absolute atomic E-state index is 0.375. The Morgan fingerprint density at radius 2 is 2.33 bits per heavy atom. The van der Waals surface area contributed by atoms with Crippen molar-refractivity contribution in [1.82, 2.24) is 0 Å². The van der Waals surface area contributed by atoms with E-state index in [1.165, 1.54) is 24.3 Å². The average molecular weight is 248 g/mol. The highest BCUT2D eigenvalue weighted by atomic mass is 19.1. The van der Waals surface area contributed by atoms with Gasteiger partial charge in [-0.3, -0.25) is 0 Å². The van der Waals surface area contributed by atoms with E-state index in [4.69, 9.17) is 9.84 Å². The number of rotatable bonds is 5. The summed E-state index contributed by atoms with van der Waals surface area (Å²) in [5, 5.41) is 8.54. The highest BCUT2D eigenvalue weighted by Crippen LogP contribution is 2.21. The first-order valence-electron chi connectivity index (χ1n) is 5.36. The predicted molar refractivity (Wildman–Crippen MR) is 66.6 cm³/mol. The van der Waals surface area contributed by atoms with E-state index in [-0.39, 0.29) is 0 Å². The van der Waals surface area contributed by atoms with Crippen LogP contribution in [0.5, 0.6) is 5.75 Å². The molecule has 0 saturated carbocycles. The summed E-state index contributed by atoms with van der Waals surface area (Å²) in [4.78, 5) is 10.4. The zero-order valence-corrected chi connectivity index (χ0v) is 9.94. The quantitative estimate of drug-likeness (QED) is 0.495. The lowest BCUT2D eigenvalue weighted by Crippen LogP contribution is -1.98. The van der Waals surface area contributed by atoms with Gasteiger partial charge in [0.15, 0.2) is 0 Å². The number of carboxylic acid groups (broad SMARTS) is 1. The molecule has 0 saturated heterocycles. The van der Waals surface area contributed by atoms with Crippen molar-refractivity contribution in [3.8, 4) is 17.6 Å². The molecule has 0 atom stereocenters. The van der Waals surface area contributed by atoms with Gasteiger partial charge < -0.3 is 9.84 Å². The molecule has 1 rings (SSSR count). The van der Waals surface area contributed by atoms with Crippen molar-refractivity contribution < 1.29 is 19.0 Å². The molecule has 1 aromatic carbocycles. The van der Waals surface area contributed by atoms with E-state index < -0.39 is 11.8 Å². The van der Waals surface area contributed by atoms with E-state index in [1.54, 1.807) is 6.92 Å². The first kappa shape index (κ1) is 13.8. The zero-order valence-electron chi connectivity index (χ0n) is 9.94. The molecule has 0 aliphatic heterocycles. The fourth-order valence-corrected chi connectivity index (χ4v) is 1.28. The van der Waals surface area contributed by atoms with Crippen molar-refractivity contribution >= 4 is 12.0 Å². The maximum atomic E-state index is 13.1. The summed E-state index contributed by atoms with van der Waals surface area (Å²) >= 11 is 0. The van der Waals surface area contributed by atoms with Gasteiger partial charge in [0.2, 0.25) is 0 Å². The van der Waals surface area contributed by atoms with Crippen molar-refractivity contribution in [1.29, 1.82) is 0 Å². The minimum Gasteiger partial charge on any atom is -0.492 e. The number of hydrogen-bond acceptors (Lipinski definition) is 2. The Kier molecular flexibility index (Phi) is 5.46. The molecule has 1 aromatic rings. The fourth-order valence-electron chi connectivity index (χ4n) is 1.28. The molecular weight excluding hydrogens is 235 g/mol. The monoisotopic (exact) mass is 248 g/mol. The summed E-state index contributed by atoms with van der Waals surface area (Å²) in [6.07, 6.45) is 2.80. The summed E-state index contributed by atoms with van der Waals surface area (Å²) in [6.45, 7) is 2.11. The van der Waals surface area contributed by atoms with Crippen LogP contribution in [0.15, 0.2) is 24.3 Å². The van der Waals surface area contributed by atoms with Crippen molar-refractivity contribution in [3.05, 3.63) is 35.7 Å². The number of hydrogen-bond donors (Lipinski definition) is 1. The molecule has 0 radical (unpaired) electrons. The molecule has 0 fully saturated rings. The zero-order chi connectivity index (χ0) is 13.4. The van der Waals surface area contributed by atoms with Gasteiger partial charge in [0, 0.05) is 18.1 Å². The molecule has 3 nitrogen and oxygen atoms in total. The molecule has 0 unspecified atom stereocenters. The van der Waals surface area contributed by atoms with E-state index in [9.17, 15) is 9.18 Å². The number of aliphatic carboxylic acids is 1. The number of benzene rings is 1. The number of carbonyl (C=O) groups is 1. The van der Waals surface area contributed by atoms with Crippen LogP contribution in [0, 0.1) is 17.7 Å². The summed E-state index contributed by atoms with van der Waals surface area (Å²) in [5.41, 5.74) is 0.391. The maximum absolute atomic E-state index is 13.1. The topological polar surface area (TPSA) is 46.5 Å². The third-order valence-corrected chi connectivity index (χ3v) is 2.04. The smallest absolute Gasteiger partial charge is 0.328 e. The van der Waals surface area contributed by atoms with Crippen molar-refractivity contribution in [3.63, 3.8) is 0 Å². The van der Waals surface area contributed by atoms with E-state index in [0.29, 0.717) is 24.3 Å². The normalized spacial score (nSPS) is 9.89. The third kappa shape index (κ3) is 4.71. The second-order valence-corrected chi connectivity index (χ2v) is 3.38. The molecule has 18 heavy (non-hydrogen) atoms. The van der Waals surface area contributed by atoms with Crippen LogP contribution >= 0.6 is 0 Å². The van der Waals surface area contributed by atoms with Crippen molar-refractivity contribution in [2.75, 3.05) is 6.61 Å². The van der Waals surface area contributed by atoms with Crippen LogP contribution in [0.2, 0.25) is 0 Å². The van der Waals surface area contributed by atoms with E-state index in [0.717, 1.165) is 6.08 Å². The second-order valence-electron chi connectivity index (χ2n) is 3.38. The van der Waals surface area contributed by atoms with Crippen LogP contribution in [-0.2, 0) is 4.79 Å². The Hall–Kier alpha value is -2.28. The summed E-state index contributed by atoms with van der Waals surface area (Å²) in [7, 11) is 0. The van der Waals surface area contributed by atoms with Crippen LogP contribution in [0.25, 0.3) is 6.08 Å². The van der Waals surface area contributed by atoms with Gasteiger partial charge in [0.25, 0.3) is 0 Å². The Bertz CT molecular complexity index is 510. The highest BCUT2D eigenvalue weighted by Gasteiger charge is 2.03. The van der Waals surface area contributed by atoms with E-state index >= 15 is 0 Å². The molecule has 0 heterocycles. The van der Waals surface area contributed by atoms with Crippen molar-refractivity contribution in [2.45, 2.75) is 13.3 Å². The largest absolute Gasteiger partial charge is 0.492 e. The molecule has 0 spiro atoms. The second kappa shape index (κ2) is 7.13. The van der Waals surface area contributed by atoms with Gasteiger partial charge in [-0.2, -0.15) is 0 Å². The van der Waals surface area contributed by atoms with E-state index in [2.05, 4.69) is 11.8 Å². The standard InChI is InChI=1S/C14H13FO3/c1-2-3-4-9-18-13-7-6-12(15)10-11(13)5-8-14(16)17/h5-8,10H,4,9H2,1H3,(H,16,17)/b8-5+.